The second-order valence-corrected chi connectivity index (χ2v) is 4.42. The molecular weight excluding hydrogens is 254 g/mol. The molecule has 6 nitrogen and oxygen atoms in total. The van der Waals surface area contributed by atoms with Gasteiger partial charge in [0, 0.05) is 17.1 Å². The second kappa shape index (κ2) is 4.26. The maximum atomic E-state index is 12.0. The molecule has 0 bridgehead atoms. The fraction of sp³-hybridized carbons (Fsp3) is 0.182. The maximum Gasteiger partial charge on any atom is 0.257 e. The standard InChI is InChI=1S/C11H9N3O3S/c1-6-12-11(18-14-6)13-10(15)7-2-3-8-9(4-7)17-5-16-8/h2-4H,5H2,1H3,(H,12,13,14,15). The molecule has 1 N–H and O–H groups in total. The lowest BCUT2D eigenvalue weighted by Gasteiger charge is -2.02. The topological polar surface area (TPSA) is 73.3 Å². The van der Waals surface area contributed by atoms with Crippen LogP contribution in [0.5, 0.6) is 11.5 Å². The van der Waals surface area contributed by atoms with Gasteiger partial charge in [-0.3, -0.25) is 10.1 Å². The molecule has 0 fully saturated rings. The van der Waals surface area contributed by atoms with Crippen LogP contribution in [-0.2, 0) is 0 Å². The van der Waals surface area contributed by atoms with Gasteiger partial charge >= 0.3 is 0 Å². The summed E-state index contributed by atoms with van der Waals surface area (Å²) in [6, 6.07) is 5.03. The monoisotopic (exact) mass is 263 g/mol. The van der Waals surface area contributed by atoms with Crippen LogP contribution in [0.25, 0.3) is 0 Å². The zero-order chi connectivity index (χ0) is 12.5. The molecule has 0 saturated heterocycles. The first kappa shape index (κ1) is 11.0. The van der Waals surface area contributed by atoms with Gasteiger partial charge in [0.2, 0.25) is 11.9 Å². The number of fused-ring (bicyclic) bond motifs is 1. The number of nitrogens with zero attached hydrogens (tertiary/aromatic N) is 2. The number of carbonyl (C=O) groups excluding carboxylic acids is 1. The Bertz CT molecular complexity index is 611. The molecule has 0 spiro atoms. The van der Waals surface area contributed by atoms with Crippen molar-refractivity contribution in [1.82, 2.24) is 9.36 Å². The third-order valence-electron chi connectivity index (χ3n) is 2.38. The van der Waals surface area contributed by atoms with Crippen molar-refractivity contribution in [3.05, 3.63) is 29.6 Å². The first-order chi connectivity index (χ1) is 8.72. The summed E-state index contributed by atoms with van der Waals surface area (Å²) >= 11 is 1.15. The van der Waals surface area contributed by atoms with Crippen LogP contribution in [0.4, 0.5) is 5.13 Å². The van der Waals surface area contributed by atoms with Crippen LogP contribution < -0.4 is 14.8 Å². The van der Waals surface area contributed by atoms with Gasteiger partial charge in [-0.1, -0.05) is 0 Å². The summed E-state index contributed by atoms with van der Waals surface area (Å²) in [5.74, 6) is 1.62. The zero-order valence-electron chi connectivity index (χ0n) is 9.47. The molecule has 2 aromatic rings. The number of rotatable bonds is 2. The molecular formula is C11H9N3O3S. The zero-order valence-corrected chi connectivity index (χ0v) is 10.3. The molecule has 0 atom stereocenters. The molecule has 1 amide bonds. The summed E-state index contributed by atoms with van der Waals surface area (Å²) < 4.78 is 14.4. The lowest BCUT2D eigenvalue weighted by atomic mass is 10.2. The highest BCUT2D eigenvalue weighted by Crippen LogP contribution is 2.32. The van der Waals surface area contributed by atoms with E-state index in [-0.39, 0.29) is 12.7 Å². The van der Waals surface area contributed by atoms with Gasteiger partial charge in [-0.2, -0.15) is 4.37 Å². The van der Waals surface area contributed by atoms with Gasteiger partial charge in [-0.25, -0.2) is 4.98 Å². The molecule has 92 valence electrons. The average Bonchev–Trinajstić information content (AvgIpc) is 2.96. The first-order valence-corrected chi connectivity index (χ1v) is 6.01. The van der Waals surface area contributed by atoms with E-state index in [4.69, 9.17) is 9.47 Å². The normalized spacial score (nSPS) is 12.5. The van der Waals surface area contributed by atoms with Crippen molar-refractivity contribution in [3.63, 3.8) is 0 Å². The van der Waals surface area contributed by atoms with Crippen LogP contribution in [0.3, 0.4) is 0 Å². The van der Waals surface area contributed by atoms with E-state index in [0.717, 1.165) is 11.5 Å². The second-order valence-electron chi connectivity index (χ2n) is 3.67. The molecule has 1 aliphatic heterocycles. The SMILES string of the molecule is Cc1nsc(NC(=O)c2ccc3c(c2)OCO3)n1. The van der Waals surface area contributed by atoms with Crippen LogP contribution in [0.1, 0.15) is 16.2 Å². The molecule has 0 aliphatic carbocycles. The van der Waals surface area contributed by atoms with E-state index in [1.165, 1.54) is 0 Å². The Morgan fingerprint density at radius 3 is 3.00 bits per heavy atom. The van der Waals surface area contributed by atoms with Crippen molar-refractivity contribution in [2.24, 2.45) is 0 Å². The fourth-order valence-electron chi connectivity index (χ4n) is 1.55. The van der Waals surface area contributed by atoms with E-state index in [2.05, 4.69) is 14.7 Å². The number of ether oxygens (including phenoxy) is 2. The number of anilines is 1. The minimum atomic E-state index is -0.246. The van der Waals surface area contributed by atoms with Gasteiger partial charge in [0.15, 0.2) is 11.5 Å². The highest BCUT2D eigenvalue weighted by Gasteiger charge is 2.16. The molecule has 0 radical (unpaired) electrons. The van der Waals surface area contributed by atoms with E-state index < -0.39 is 0 Å². The lowest BCUT2D eigenvalue weighted by molar-refractivity contribution is 0.102. The Morgan fingerprint density at radius 1 is 1.39 bits per heavy atom. The van der Waals surface area contributed by atoms with Crippen molar-refractivity contribution in [1.29, 1.82) is 0 Å². The van der Waals surface area contributed by atoms with Gasteiger partial charge < -0.3 is 9.47 Å². The van der Waals surface area contributed by atoms with Crippen molar-refractivity contribution in [2.45, 2.75) is 6.92 Å². The molecule has 3 rings (SSSR count). The Hall–Kier alpha value is -2.15. The van der Waals surface area contributed by atoms with Crippen molar-refractivity contribution < 1.29 is 14.3 Å². The van der Waals surface area contributed by atoms with Crippen LogP contribution in [-0.4, -0.2) is 22.1 Å². The summed E-state index contributed by atoms with van der Waals surface area (Å²) in [4.78, 5) is 16.0. The summed E-state index contributed by atoms with van der Waals surface area (Å²) in [5, 5.41) is 3.16. The molecule has 2 heterocycles. The largest absolute Gasteiger partial charge is 0.454 e. The highest BCUT2D eigenvalue weighted by atomic mass is 32.1. The number of aromatic nitrogens is 2. The van der Waals surface area contributed by atoms with Gasteiger partial charge in [0.05, 0.1) is 0 Å². The molecule has 1 aliphatic rings. The van der Waals surface area contributed by atoms with E-state index in [0.29, 0.717) is 28.0 Å². The number of carbonyl (C=O) groups is 1. The average molecular weight is 263 g/mol. The van der Waals surface area contributed by atoms with Crippen molar-refractivity contribution in [2.75, 3.05) is 12.1 Å². The first-order valence-electron chi connectivity index (χ1n) is 5.24. The Kier molecular flexibility index (Phi) is 2.60. The predicted octanol–water partition coefficient (Wildman–Crippen LogP) is 1.83. The molecule has 7 heteroatoms. The summed E-state index contributed by atoms with van der Waals surface area (Å²) in [7, 11) is 0. The maximum absolute atomic E-state index is 12.0. The van der Waals surface area contributed by atoms with Gasteiger partial charge in [-0.05, 0) is 25.1 Å². The smallest absolute Gasteiger partial charge is 0.257 e. The quantitative estimate of drug-likeness (QED) is 0.894. The van der Waals surface area contributed by atoms with Crippen LogP contribution in [0.15, 0.2) is 18.2 Å². The third-order valence-corrected chi connectivity index (χ3v) is 3.10. The van der Waals surface area contributed by atoms with E-state index >= 15 is 0 Å². The number of hydrogen-bond donors (Lipinski definition) is 1. The van der Waals surface area contributed by atoms with Crippen LogP contribution in [0.2, 0.25) is 0 Å². The Labute approximate surface area is 107 Å². The van der Waals surface area contributed by atoms with Gasteiger partial charge in [-0.15, -0.1) is 0 Å². The summed E-state index contributed by atoms with van der Waals surface area (Å²) in [6.45, 7) is 1.96. The minimum Gasteiger partial charge on any atom is -0.454 e. The number of benzene rings is 1. The number of amides is 1. The molecule has 0 unspecified atom stereocenters. The minimum absolute atomic E-state index is 0.190. The Balaban J connectivity index is 1.80. The number of aryl methyl sites for hydroxylation is 1. The molecule has 18 heavy (non-hydrogen) atoms. The molecule has 1 aromatic heterocycles. The van der Waals surface area contributed by atoms with E-state index in [1.807, 2.05) is 0 Å². The Morgan fingerprint density at radius 2 is 2.22 bits per heavy atom. The predicted molar refractivity (Wildman–Crippen MR) is 65.2 cm³/mol. The van der Waals surface area contributed by atoms with Crippen LogP contribution >= 0.6 is 11.5 Å². The highest BCUT2D eigenvalue weighted by molar-refractivity contribution is 7.09. The summed E-state index contributed by atoms with van der Waals surface area (Å²) in [6.07, 6.45) is 0. The third kappa shape index (κ3) is 2.00. The van der Waals surface area contributed by atoms with E-state index in [1.54, 1.807) is 25.1 Å². The van der Waals surface area contributed by atoms with Crippen LogP contribution in [0, 0.1) is 6.92 Å². The van der Waals surface area contributed by atoms with Gasteiger partial charge in [0.1, 0.15) is 5.82 Å². The number of hydrogen-bond acceptors (Lipinski definition) is 6. The van der Waals surface area contributed by atoms with E-state index in [9.17, 15) is 4.79 Å². The molecule has 0 saturated carbocycles. The van der Waals surface area contributed by atoms with Crippen molar-refractivity contribution >= 4 is 22.6 Å². The van der Waals surface area contributed by atoms with Crippen molar-refractivity contribution in [3.8, 4) is 11.5 Å². The fourth-order valence-corrected chi connectivity index (χ4v) is 2.13. The number of nitrogens with one attached hydrogen (secondary N) is 1. The lowest BCUT2D eigenvalue weighted by Crippen LogP contribution is -2.11. The molecule has 1 aromatic carbocycles. The van der Waals surface area contributed by atoms with Gasteiger partial charge in [0.25, 0.3) is 5.91 Å². The summed E-state index contributed by atoms with van der Waals surface area (Å²) in [5.41, 5.74) is 0.493.